The van der Waals surface area contributed by atoms with Crippen LogP contribution in [0.2, 0.25) is 0 Å². The SMILES string of the molecule is Cc1ccc(S(=O)(=O)N(CC(=O)N/N=C\c2ccccc2Br)c2cccc(C(F)(F)F)c2)cc1. The average molecular weight is 554 g/mol. The fourth-order valence-corrected chi connectivity index (χ4v) is 4.71. The smallest absolute Gasteiger partial charge is 0.271 e. The Bertz CT molecular complexity index is 1310. The molecule has 0 fully saturated rings. The fourth-order valence-electron chi connectivity index (χ4n) is 2.91. The summed E-state index contributed by atoms with van der Waals surface area (Å²) in [6.07, 6.45) is -3.34. The maximum atomic E-state index is 13.3. The Morgan fingerprint density at radius 1 is 1.06 bits per heavy atom. The lowest BCUT2D eigenvalue weighted by Crippen LogP contribution is -2.39. The Labute approximate surface area is 203 Å². The first-order valence-corrected chi connectivity index (χ1v) is 12.0. The lowest BCUT2D eigenvalue weighted by Gasteiger charge is -2.24. The predicted octanol–water partition coefficient (Wildman–Crippen LogP) is 5.12. The molecule has 0 saturated carbocycles. The summed E-state index contributed by atoms with van der Waals surface area (Å²) >= 11 is 3.33. The number of benzene rings is 3. The van der Waals surface area contributed by atoms with Crippen LogP contribution in [0.3, 0.4) is 0 Å². The van der Waals surface area contributed by atoms with Gasteiger partial charge in [0.1, 0.15) is 6.54 Å². The van der Waals surface area contributed by atoms with Crippen molar-refractivity contribution < 1.29 is 26.4 Å². The van der Waals surface area contributed by atoms with Gasteiger partial charge in [-0.05, 0) is 43.3 Å². The number of anilines is 1. The van der Waals surface area contributed by atoms with Crippen molar-refractivity contribution in [1.82, 2.24) is 5.43 Å². The minimum atomic E-state index is -4.69. The molecule has 0 unspecified atom stereocenters. The van der Waals surface area contributed by atoms with Crippen molar-refractivity contribution in [3.8, 4) is 0 Å². The summed E-state index contributed by atoms with van der Waals surface area (Å²) in [4.78, 5) is 12.4. The van der Waals surface area contributed by atoms with E-state index in [9.17, 15) is 26.4 Å². The molecule has 0 heterocycles. The standard InChI is InChI=1S/C23H19BrF3N3O3S/c1-16-9-11-20(12-10-16)34(32,33)30(19-7-4-6-18(13-19)23(25,26)27)15-22(31)29-28-14-17-5-2-3-8-21(17)24/h2-14H,15H2,1H3,(H,29,31)/b28-14-. The van der Waals surface area contributed by atoms with Gasteiger partial charge in [-0.3, -0.25) is 9.10 Å². The van der Waals surface area contributed by atoms with E-state index in [1.807, 2.05) is 0 Å². The molecule has 3 aromatic rings. The van der Waals surface area contributed by atoms with E-state index in [0.29, 0.717) is 15.9 Å². The van der Waals surface area contributed by atoms with Gasteiger partial charge in [0.15, 0.2) is 0 Å². The summed E-state index contributed by atoms with van der Waals surface area (Å²) in [6.45, 7) is 0.975. The third kappa shape index (κ3) is 6.23. The molecule has 0 aromatic heterocycles. The summed E-state index contributed by atoms with van der Waals surface area (Å²) in [6, 6.07) is 16.6. The first kappa shape index (κ1) is 25.4. The van der Waals surface area contributed by atoms with Gasteiger partial charge in [0, 0.05) is 10.0 Å². The number of nitrogens with zero attached hydrogens (tertiary/aromatic N) is 2. The molecule has 11 heteroatoms. The summed E-state index contributed by atoms with van der Waals surface area (Å²) in [5.41, 5.74) is 2.32. The first-order chi connectivity index (χ1) is 16.0. The van der Waals surface area contributed by atoms with E-state index in [-0.39, 0.29) is 10.6 Å². The molecule has 0 aliphatic carbocycles. The average Bonchev–Trinajstić information content (AvgIpc) is 2.78. The number of amides is 1. The van der Waals surface area contributed by atoms with Gasteiger partial charge in [-0.1, -0.05) is 57.9 Å². The Balaban J connectivity index is 1.93. The van der Waals surface area contributed by atoms with Crippen LogP contribution in [0.25, 0.3) is 0 Å². The Hall–Kier alpha value is -3.18. The third-order valence-electron chi connectivity index (χ3n) is 4.66. The van der Waals surface area contributed by atoms with E-state index < -0.39 is 34.2 Å². The van der Waals surface area contributed by atoms with Gasteiger partial charge in [-0.15, -0.1) is 0 Å². The second-order valence-corrected chi connectivity index (χ2v) is 9.90. The molecular formula is C23H19BrF3N3O3S. The van der Waals surface area contributed by atoms with Crippen LogP contribution >= 0.6 is 15.9 Å². The van der Waals surface area contributed by atoms with Crippen molar-refractivity contribution in [3.05, 3.63) is 94.0 Å². The molecule has 1 amide bonds. The maximum Gasteiger partial charge on any atom is 0.416 e. The van der Waals surface area contributed by atoms with Gasteiger partial charge in [0.2, 0.25) is 0 Å². The monoisotopic (exact) mass is 553 g/mol. The fraction of sp³-hybridized carbons (Fsp3) is 0.130. The van der Waals surface area contributed by atoms with Crippen LogP contribution in [-0.2, 0) is 21.0 Å². The molecular weight excluding hydrogens is 535 g/mol. The molecule has 6 nitrogen and oxygen atoms in total. The number of sulfonamides is 1. The molecule has 0 saturated heterocycles. The Morgan fingerprint density at radius 2 is 1.74 bits per heavy atom. The number of hydrogen-bond acceptors (Lipinski definition) is 4. The largest absolute Gasteiger partial charge is 0.416 e. The molecule has 0 radical (unpaired) electrons. The molecule has 3 rings (SSSR count). The van der Waals surface area contributed by atoms with Crippen molar-refractivity contribution in [2.45, 2.75) is 18.0 Å². The minimum Gasteiger partial charge on any atom is -0.271 e. The van der Waals surface area contributed by atoms with E-state index >= 15 is 0 Å². The molecule has 0 aliphatic rings. The first-order valence-electron chi connectivity index (χ1n) is 9.81. The second kappa shape index (κ2) is 10.4. The zero-order chi connectivity index (χ0) is 24.9. The third-order valence-corrected chi connectivity index (χ3v) is 7.17. The van der Waals surface area contributed by atoms with Crippen LogP contribution in [0.15, 0.2) is 87.3 Å². The summed E-state index contributed by atoms with van der Waals surface area (Å²) in [5, 5.41) is 3.82. The summed E-state index contributed by atoms with van der Waals surface area (Å²) in [7, 11) is -4.37. The molecule has 0 atom stereocenters. The zero-order valence-corrected chi connectivity index (χ0v) is 20.2. The van der Waals surface area contributed by atoms with Gasteiger partial charge < -0.3 is 0 Å². The van der Waals surface area contributed by atoms with E-state index in [0.717, 1.165) is 22.2 Å². The summed E-state index contributed by atoms with van der Waals surface area (Å²) in [5.74, 6) is -0.837. The predicted molar refractivity (Wildman–Crippen MR) is 127 cm³/mol. The topological polar surface area (TPSA) is 78.8 Å². The lowest BCUT2D eigenvalue weighted by molar-refractivity contribution is -0.137. The second-order valence-electron chi connectivity index (χ2n) is 7.19. The minimum absolute atomic E-state index is 0.167. The number of halogens is 4. The van der Waals surface area contributed by atoms with E-state index in [1.165, 1.54) is 24.4 Å². The Kier molecular flexibility index (Phi) is 7.78. The number of hydrazone groups is 1. The zero-order valence-electron chi connectivity index (χ0n) is 17.8. The lowest BCUT2D eigenvalue weighted by atomic mass is 10.2. The van der Waals surface area contributed by atoms with Crippen LogP contribution in [-0.4, -0.2) is 27.1 Å². The molecule has 34 heavy (non-hydrogen) atoms. The molecule has 0 bridgehead atoms. The number of carbonyl (C=O) groups excluding carboxylic acids is 1. The molecule has 3 aromatic carbocycles. The van der Waals surface area contributed by atoms with Crippen molar-refractivity contribution in [2.75, 3.05) is 10.8 Å². The van der Waals surface area contributed by atoms with E-state index in [4.69, 9.17) is 0 Å². The highest BCUT2D eigenvalue weighted by Gasteiger charge is 2.33. The number of nitrogens with one attached hydrogen (secondary N) is 1. The van der Waals surface area contributed by atoms with Crippen molar-refractivity contribution >= 4 is 43.8 Å². The number of hydrogen-bond donors (Lipinski definition) is 1. The highest BCUT2D eigenvalue weighted by atomic mass is 79.9. The van der Waals surface area contributed by atoms with Gasteiger partial charge >= 0.3 is 6.18 Å². The van der Waals surface area contributed by atoms with Crippen LogP contribution in [0.1, 0.15) is 16.7 Å². The van der Waals surface area contributed by atoms with Gasteiger partial charge in [0.25, 0.3) is 15.9 Å². The van der Waals surface area contributed by atoms with Gasteiger partial charge in [-0.25, -0.2) is 13.8 Å². The van der Waals surface area contributed by atoms with Crippen LogP contribution in [0.4, 0.5) is 18.9 Å². The van der Waals surface area contributed by atoms with Crippen molar-refractivity contribution in [3.63, 3.8) is 0 Å². The van der Waals surface area contributed by atoms with Crippen molar-refractivity contribution in [1.29, 1.82) is 0 Å². The van der Waals surface area contributed by atoms with Gasteiger partial charge in [0.05, 0.1) is 22.4 Å². The molecule has 1 N–H and O–H groups in total. The van der Waals surface area contributed by atoms with E-state index in [2.05, 4.69) is 26.5 Å². The van der Waals surface area contributed by atoms with Crippen LogP contribution in [0, 0.1) is 6.92 Å². The quantitative estimate of drug-likeness (QED) is 0.325. The highest BCUT2D eigenvalue weighted by molar-refractivity contribution is 9.10. The molecule has 0 spiro atoms. The van der Waals surface area contributed by atoms with Gasteiger partial charge in [-0.2, -0.15) is 18.3 Å². The number of rotatable bonds is 7. The van der Waals surface area contributed by atoms with Crippen LogP contribution in [0.5, 0.6) is 0 Å². The normalized spacial score (nSPS) is 12.0. The molecule has 0 aliphatic heterocycles. The van der Waals surface area contributed by atoms with E-state index in [1.54, 1.807) is 43.3 Å². The Morgan fingerprint density at radius 3 is 2.38 bits per heavy atom. The number of alkyl halides is 3. The highest BCUT2D eigenvalue weighted by Crippen LogP contribution is 2.33. The summed E-state index contributed by atoms with van der Waals surface area (Å²) < 4.78 is 67.7. The number of carbonyl (C=O) groups is 1. The number of aryl methyl sites for hydroxylation is 1. The van der Waals surface area contributed by atoms with Crippen LogP contribution < -0.4 is 9.73 Å². The maximum absolute atomic E-state index is 13.3. The van der Waals surface area contributed by atoms with Crippen molar-refractivity contribution in [2.24, 2.45) is 5.10 Å². The molecule has 178 valence electrons.